The third kappa shape index (κ3) is 4.18. The van der Waals surface area contributed by atoms with Crippen LogP contribution in [0.15, 0.2) is 42.5 Å². The summed E-state index contributed by atoms with van der Waals surface area (Å²) in [7, 11) is 0. The van der Waals surface area contributed by atoms with E-state index in [1.165, 1.54) is 12.1 Å². The van der Waals surface area contributed by atoms with E-state index in [-0.39, 0.29) is 17.8 Å². The van der Waals surface area contributed by atoms with E-state index in [4.69, 9.17) is 9.47 Å². The molecule has 5 nitrogen and oxygen atoms in total. The van der Waals surface area contributed by atoms with Gasteiger partial charge in [0, 0.05) is 49.0 Å². The van der Waals surface area contributed by atoms with Gasteiger partial charge in [-0.1, -0.05) is 0 Å². The number of H-pyrrole nitrogens is 1. The Morgan fingerprint density at radius 1 is 1.14 bits per heavy atom. The molecule has 0 radical (unpaired) electrons. The van der Waals surface area contributed by atoms with Crippen molar-refractivity contribution in [3.8, 4) is 11.5 Å². The number of aromatic nitrogens is 1. The summed E-state index contributed by atoms with van der Waals surface area (Å²) < 4.78 is 37.9. The average Bonchev–Trinajstić information content (AvgIpc) is 3.14. The summed E-state index contributed by atoms with van der Waals surface area (Å²) in [4.78, 5) is 17.8. The Kier molecular flexibility index (Phi) is 5.38. The zero-order chi connectivity index (χ0) is 20.4. The number of carbonyl (C=O) groups is 1. The van der Waals surface area contributed by atoms with Crippen LogP contribution in [0.1, 0.15) is 30.3 Å². The molecule has 1 N–H and O–H groups in total. The van der Waals surface area contributed by atoms with Crippen LogP contribution in [0, 0.1) is 11.6 Å². The first-order chi connectivity index (χ1) is 14.0. The molecule has 1 saturated heterocycles. The Morgan fingerprint density at radius 3 is 2.66 bits per heavy atom. The number of rotatable bonds is 5. The van der Waals surface area contributed by atoms with Gasteiger partial charge in [-0.05, 0) is 37.3 Å². The van der Waals surface area contributed by atoms with Crippen molar-refractivity contribution in [3.05, 3.63) is 59.8 Å². The highest BCUT2D eigenvalue weighted by molar-refractivity contribution is 5.98. The second kappa shape index (κ2) is 8.11. The van der Waals surface area contributed by atoms with Crippen molar-refractivity contribution in [1.29, 1.82) is 0 Å². The van der Waals surface area contributed by atoms with E-state index in [2.05, 4.69) is 4.98 Å². The summed E-state index contributed by atoms with van der Waals surface area (Å²) in [6, 6.07) is 10.8. The number of nitrogens with zero attached hydrogens (tertiary/aromatic N) is 1. The fourth-order valence-electron chi connectivity index (χ4n) is 3.58. The molecule has 0 saturated carbocycles. The maximum atomic E-state index is 13.8. The standard InChI is InChI=1S/C22H22F2N2O3/c1-2-28-17-5-3-14-11-20(25-19(14)13-17)22(27)26-9-7-16(8-10-26)29-21-6-4-15(23)12-18(21)24/h3-6,11-13,16,25H,2,7-10H2,1H3. The maximum Gasteiger partial charge on any atom is 0.270 e. The first-order valence-electron chi connectivity index (χ1n) is 9.70. The molecule has 152 valence electrons. The molecule has 0 spiro atoms. The Bertz CT molecular complexity index is 1030. The SMILES string of the molecule is CCOc1ccc2cc(C(=O)N3CCC(Oc4ccc(F)cc4F)CC3)[nH]c2c1. The summed E-state index contributed by atoms with van der Waals surface area (Å²) in [5.41, 5.74) is 1.38. The molecule has 7 heteroatoms. The van der Waals surface area contributed by atoms with Crippen molar-refractivity contribution >= 4 is 16.8 Å². The van der Waals surface area contributed by atoms with Crippen LogP contribution in [0.3, 0.4) is 0 Å². The molecular weight excluding hydrogens is 378 g/mol. The number of likely N-dealkylation sites (tertiary alicyclic amines) is 1. The number of nitrogens with one attached hydrogen (secondary N) is 1. The number of ether oxygens (including phenoxy) is 2. The highest BCUT2D eigenvalue weighted by Crippen LogP contribution is 2.25. The average molecular weight is 400 g/mol. The molecule has 0 unspecified atom stereocenters. The van der Waals surface area contributed by atoms with Gasteiger partial charge in [0.1, 0.15) is 23.4 Å². The predicted molar refractivity (Wildman–Crippen MR) is 105 cm³/mol. The van der Waals surface area contributed by atoms with Crippen molar-refractivity contribution in [2.24, 2.45) is 0 Å². The Balaban J connectivity index is 1.39. The molecule has 3 aromatic rings. The predicted octanol–water partition coefficient (Wildman–Crippen LogP) is 4.53. The number of hydrogen-bond acceptors (Lipinski definition) is 3. The number of piperidine rings is 1. The molecule has 2 aromatic carbocycles. The minimum absolute atomic E-state index is 0.0388. The zero-order valence-corrected chi connectivity index (χ0v) is 16.1. The van der Waals surface area contributed by atoms with E-state index < -0.39 is 11.6 Å². The minimum Gasteiger partial charge on any atom is -0.494 e. The van der Waals surface area contributed by atoms with Gasteiger partial charge in [0.15, 0.2) is 11.6 Å². The van der Waals surface area contributed by atoms with E-state index in [9.17, 15) is 13.6 Å². The van der Waals surface area contributed by atoms with E-state index in [0.717, 1.165) is 22.7 Å². The summed E-state index contributed by atoms with van der Waals surface area (Å²) in [5.74, 6) is -0.635. The molecule has 0 aliphatic carbocycles. The van der Waals surface area contributed by atoms with Gasteiger partial charge in [0.25, 0.3) is 5.91 Å². The van der Waals surface area contributed by atoms with Crippen LogP contribution in [0.25, 0.3) is 10.9 Å². The normalized spacial score (nSPS) is 14.9. The van der Waals surface area contributed by atoms with E-state index >= 15 is 0 Å². The van der Waals surface area contributed by atoms with Gasteiger partial charge in [-0.15, -0.1) is 0 Å². The van der Waals surface area contributed by atoms with Crippen LogP contribution in [-0.2, 0) is 0 Å². The highest BCUT2D eigenvalue weighted by Gasteiger charge is 2.26. The third-order valence-electron chi connectivity index (χ3n) is 5.05. The van der Waals surface area contributed by atoms with Crippen molar-refractivity contribution in [2.75, 3.05) is 19.7 Å². The van der Waals surface area contributed by atoms with Crippen LogP contribution in [-0.4, -0.2) is 41.6 Å². The molecule has 1 aliphatic heterocycles. The topological polar surface area (TPSA) is 54.6 Å². The highest BCUT2D eigenvalue weighted by atomic mass is 19.1. The van der Waals surface area contributed by atoms with Crippen molar-refractivity contribution in [3.63, 3.8) is 0 Å². The fraction of sp³-hybridized carbons (Fsp3) is 0.318. The fourth-order valence-corrected chi connectivity index (χ4v) is 3.58. The quantitative estimate of drug-likeness (QED) is 0.685. The van der Waals surface area contributed by atoms with Gasteiger partial charge in [0.2, 0.25) is 0 Å². The monoisotopic (exact) mass is 400 g/mol. The molecule has 2 heterocycles. The van der Waals surface area contributed by atoms with Crippen molar-refractivity contribution < 1.29 is 23.0 Å². The van der Waals surface area contributed by atoms with E-state index in [1.807, 2.05) is 31.2 Å². The van der Waals surface area contributed by atoms with Gasteiger partial charge >= 0.3 is 0 Å². The van der Waals surface area contributed by atoms with Crippen LogP contribution in [0.5, 0.6) is 11.5 Å². The zero-order valence-electron chi connectivity index (χ0n) is 16.1. The van der Waals surface area contributed by atoms with Gasteiger partial charge < -0.3 is 19.4 Å². The lowest BCUT2D eigenvalue weighted by Gasteiger charge is -2.32. The molecular formula is C22H22F2N2O3. The second-order valence-corrected chi connectivity index (χ2v) is 7.05. The smallest absolute Gasteiger partial charge is 0.270 e. The van der Waals surface area contributed by atoms with E-state index in [0.29, 0.717) is 38.2 Å². The lowest BCUT2D eigenvalue weighted by Crippen LogP contribution is -2.42. The molecule has 1 fully saturated rings. The van der Waals surface area contributed by atoms with Crippen LogP contribution in [0.4, 0.5) is 8.78 Å². The first kappa shape index (κ1) is 19.2. The van der Waals surface area contributed by atoms with Gasteiger partial charge in [-0.2, -0.15) is 0 Å². The van der Waals surface area contributed by atoms with Crippen LogP contribution >= 0.6 is 0 Å². The summed E-state index contributed by atoms with van der Waals surface area (Å²) >= 11 is 0. The number of amides is 1. The first-order valence-corrected chi connectivity index (χ1v) is 9.70. The lowest BCUT2D eigenvalue weighted by molar-refractivity contribution is 0.0583. The summed E-state index contributed by atoms with van der Waals surface area (Å²) in [6.45, 7) is 3.51. The lowest BCUT2D eigenvalue weighted by atomic mass is 10.1. The number of aromatic amines is 1. The van der Waals surface area contributed by atoms with Crippen LogP contribution in [0.2, 0.25) is 0 Å². The molecule has 1 aliphatic rings. The Morgan fingerprint density at radius 2 is 1.93 bits per heavy atom. The summed E-state index contributed by atoms with van der Waals surface area (Å²) in [6.07, 6.45) is 0.949. The van der Waals surface area contributed by atoms with Gasteiger partial charge in [-0.25, -0.2) is 8.78 Å². The number of benzene rings is 2. The maximum absolute atomic E-state index is 13.8. The Labute approximate surface area is 167 Å². The van der Waals surface area contributed by atoms with Crippen LogP contribution < -0.4 is 9.47 Å². The van der Waals surface area contributed by atoms with Crippen molar-refractivity contribution in [2.45, 2.75) is 25.9 Å². The molecule has 0 atom stereocenters. The number of fused-ring (bicyclic) bond motifs is 1. The molecule has 1 amide bonds. The van der Waals surface area contributed by atoms with Crippen molar-refractivity contribution in [1.82, 2.24) is 9.88 Å². The van der Waals surface area contributed by atoms with Gasteiger partial charge in [-0.3, -0.25) is 4.79 Å². The Hall–Kier alpha value is -3.09. The minimum atomic E-state index is -0.715. The molecule has 4 rings (SSSR count). The van der Waals surface area contributed by atoms with E-state index in [1.54, 1.807) is 4.90 Å². The largest absolute Gasteiger partial charge is 0.494 e. The number of hydrogen-bond donors (Lipinski definition) is 1. The number of carbonyl (C=O) groups excluding carboxylic acids is 1. The molecule has 0 bridgehead atoms. The molecule has 29 heavy (non-hydrogen) atoms. The molecule has 1 aromatic heterocycles. The second-order valence-electron chi connectivity index (χ2n) is 7.05. The third-order valence-corrected chi connectivity index (χ3v) is 5.05. The summed E-state index contributed by atoms with van der Waals surface area (Å²) in [5, 5.41) is 0.946. The number of halogens is 2. The van der Waals surface area contributed by atoms with Gasteiger partial charge in [0.05, 0.1) is 6.61 Å².